The normalized spacial score (nSPS) is 15.0. The van der Waals surface area contributed by atoms with E-state index in [2.05, 4.69) is 18.8 Å². The van der Waals surface area contributed by atoms with E-state index in [1.54, 1.807) is 31.4 Å². The van der Waals surface area contributed by atoms with Crippen LogP contribution < -0.4 is 4.74 Å². The van der Waals surface area contributed by atoms with Gasteiger partial charge in [-0.05, 0) is 36.6 Å². The number of nitrogens with zero attached hydrogens (tertiary/aromatic N) is 1. The maximum Gasteiger partial charge on any atom is 0.180 e. The molecule has 2 aromatic rings. The molecular weight excluding hydrogens is 314 g/mol. The van der Waals surface area contributed by atoms with Crippen molar-refractivity contribution in [1.82, 2.24) is 0 Å². The lowest BCUT2D eigenvalue weighted by molar-refractivity contribution is 0.0882. The fraction of sp³-hybridized carbons (Fsp3) is 0.286. The highest BCUT2D eigenvalue weighted by atomic mass is 16.5. The van der Waals surface area contributed by atoms with Crippen molar-refractivity contribution in [3.63, 3.8) is 0 Å². The van der Waals surface area contributed by atoms with Gasteiger partial charge in [-0.2, -0.15) is 0 Å². The van der Waals surface area contributed by atoms with Crippen LogP contribution >= 0.6 is 0 Å². The Morgan fingerprint density at radius 3 is 2.04 bits per heavy atom. The molecule has 0 radical (unpaired) electrons. The molecule has 2 aromatic carbocycles. The van der Waals surface area contributed by atoms with Crippen LogP contribution in [-0.4, -0.2) is 24.4 Å². The van der Waals surface area contributed by atoms with Crippen LogP contribution in [0.5, 0.6) is 5.75 Å². The molecule has 4 heteroatoms. The first-order valence-electron chi connectivity index (χ1n) is 8.40. The molecule has 0 spiro atoms. The largest absolute Gasteiger partial charge is 0.497 e. The van der Waals surface area contributed by atoms with E-state index in [4.69, 9.17) is 4.74 Å². The molecule has 0 aromatic heterocycles. The quantitative estimate of drug-likeness (QED) is 0.597. The van der Waals surface area contributed by atoms with E-state index >= 15 is 0 Å². The molecule has 0 amide bonds. The fourth-order valence-electron chi connectivity index (χ4n) is 3.11. The third kappa shape index (κ3) is 3.38. The lowest BCUT2D eigenvalue weighted by Gasteiger charge is -2.14. The number of ketones is 2. The molecule has 0 atom stereocenters. The minimum atomic E-state index is -0.804. The van der Waals surface area contributed by atoms with Gasteiger partial charge in [-0.15, -0.1) is 0 Å². The molecule has 3 rings (SSSR count). The zero-order chi connectivity index (χ0) is 18.0. The summed E-state index contributed by atoms with van der Waals surface area (Å²) in [5.74, 6) is -0.0602. The van der Waals surface area contributed by atoms with Crippen molar-refractivity contribution in [2.45, 2.75) is 20.3 Å². The molecule has 25 heavy (non-hydrogen) atoms. The molecule has 0 saturated heterocycles. The highest BCUT2D eigenvalue weighted by Gasteiger charge is 2.41. The third-order valence-electron chi connectivity index (χ3n) is 4.28. The van der Waals surface area contributed by atoms with Gasteiger partial charge in [0.2, 0.25) is 0 Å². The van der Waals surface area contributed by atoms with E-state index in [-0.39, 0.29) is 11.6 Å². The molecule has 0 bridgehead atoms. The predicted molar refractivity (Wildman–Crippen MR) is 98.1 cm³/mol. The second kappa shape index (κ2) is 7.01. The maximum atomic E-state index is 12.8. The number of Topliss-reactive ketones (excluding diaryl/α,β-unsaturated/α-hetero) is 2. The molecule has 0 unspecified atom stereocenters. The topological polar surface area (TPSA) is 55.7 Å². The molecule has 4 nitrogen and oxygen atoms in total. The minimum Gasteiger partial charge on any atom is -0.497 e. The standard InChI is InChI=1S/C21H21NO3/c1-13(2)12-18(22-14-8-10-15(25-3)11-9-14)19-20(23)16-6-4-5-7-17(16)21(19)24/h4-11,13,19H,12H2,1-3H3. The Morgan fingerprint density at radius 2 is 1.56 bits per heavy atom. The number of hydrogen-bond acceptors (Lipinski definition) is 4. The summed E-state index contributed by atoms with van der Waals surface area (Å²) in [5, 5.41) is 0. The summed E-state index contributed by atoms with van der Waals surface area (Å²) in [6.45, 7) is 4.11. The summed E-state index contributed by atoms with van der Waals surface area (Å²) in [6.07, 6.45) is 0.599. The Kier molecular flexibility index (Phi) is 4.79. The van der Waals surface area contributed by atoms with Gasteiger partial charge in [-0.3, -0.25) is 14.6 Å². The number of methoxy groups -OCH3 is 1. The highest BCUT2D eigenvalue weighted by Crippen LogP contribution is 2.31. The van der Waals surface area contributed by atoms with Crippen LogP contribution in [0.15, 0.2) is 53.5 Å². The molecule has 0 fully saturated rings. The zero-order valence-electron chi connectivity index (χ0n) is 14.7. The van der Waals surface area contributed by atoms with Gasteiger partial charge in [0, 0.05) is 16.8 Å². The van der Waals surface area contributed by atoms with Crippen LogP contribution in [0.3, 0.4) is 0 Å². The van der Waals surface area contributed by atoms with Gasteiger partial charge in [0.15, 0.2) is 11.6 Å². The molecule has 0 aliphatic heterocycles. The number of carbonyl (C=O) groups is 2. The first-order chi connectivity index (χ1) is 12.0. The van der Waals surface area contributed by atoms with E-state index in [1.165, 1.54) is 0 Å². The van der Waals surface area contributed by atoms with E-state index in [0.29, 0.717) is 34.9 Å². The molecular formula is C21H21NO3. The van der Waals surface area contributed by atoms with Crippen LogP contribution in [0.4, 0.5) is 5.69 Å². The number of fused-ring (bicyclic) bond motifs is 1. The van der Waals surface area contributed by atoms with Crippen LogP contribution in [0, 0.1) is 11.8 Å². The molecule has 1 aliphatic carbocycles. The van der Waals surface area contributed by atoms with Gasteiger partial charge in [0.1, 0.15) is 11.7 Å². The number of benzene rings is 2. The van der Waals surface area contributed by atoms with Crippen molar-refractivity contribution in [3.8, 4) is 5.75 Å². The summed E-state index contributed by atoms with van der Waals surface area (Å²) < 4.78 is 5.16. The Hall–Kier alpha value is -2.75. The van der Waals surface area contributed by atoms with E-state index in [9.17, 15) is 9.59 Å². The predicted octanol–water partition coefficient (Wildman–Crippen LogP) is 4.51. The van der Waals surface area contributed by atoms with Crippen LogP contribution in [0.1, 0.15) is 41.0 Å². The van der Waals surface area contributed by atoms with Crippen molar-refractivity contribution in [2.75, 3.05) is 7.11 Å². The van der Waals surface area contributed by atoms with E-state index in [0.717, 1.165) is 5.75 Å². The Morgan fingerprint density at radius 1 is 1.00 bits per heavy atom. The third-order valence-corrected chi connectivity index (χ3v) is 4.28. The molecule has 128 valence electrons. The van der Waals surface area contributed by atoms with E-state index in [1.807, 2.05) is 24.3 Å². The highest BCUT2D eigenvalue weighted by molar-refractivity contribution is 6.36. The number of carbonyl (C=O) groups excluding carboxylic acids is 2. The van der Waals surface area contributed by atoms with Crippen molar-refractivity contribution in [3.05, 3.63) is 59.7 Å². The lowest BCUT2D eigenvalue weighted by atomic mass is 9.91. The van der Waals surface area contributed by atoms with Gasteiger partial charge in [-0.25, -0.2) is 0 Å². The molecule has 0 N–H and O–H groups in total. The average molecular weight is 335 g/mol. The summed E-state index contributed by atoms with van der Waals surface area (Å²) in [6, 6.07) is 14.3. The first-order valence-corrected chi connectivity index (χ1v) is 8.40. The number of rotatable bonds is 5. The number of ether oxygens (including phenoxy) is 1. The Bertz CT molecular complexity index is 799. The molecule has 0 saturated carbocycles. The van der Waals surface area contributed by atoms with E-state index < -0.39 is 5.92 Å². The van der Waals surface area contributed by atoms with Gasteiger partial charge in [-0.1, -0.05) is 38.1 Å². The first kappa shape index (κ1) is 17.1. The Balaban J connectivity index is 2.00. The van der Waals surface area contributed by atoms with Crippen LogP contribution in [-0.2, 0) is 0 Å². The van der Waals surface area contributed by atoms with Crippen LogP contribution in [0.25, 0.3) is 0 Å². The van der Waals surface area contributed by atoms with Crippen molar-refractivity contribution in [1.29, 1.82) is 0 Å². The van der Waals surface area contributed by atoms with Gasteiger partial charge < -0.3 is 4.74 Å². The van der Waals surface area contributed by atoms with Crippen molar-refractivity contribution < 1.29 is 14.3 Å². The van der Waals surface area contributed by atoms with Gasteiger partial charge >= 0.3 is 0 Å². The van der Waals surface area contributed by atoms with Gasteiger partial charge in [0.05, 0.1) is 12.8 Å². The minimum absolute atomic E-state index is 0.145. The number of hydrogen-bond donors (Lipinski definition) is 0. The second-order valence-electron chi connectivity index (χ2n) is 6.61. The zero-order valence-corrected chi connectivity index (χ0v) is 14.7. The summed E-state index contributed by atoms with van der Waals surface area (Å²) in [7, 11) is 1.61. The van der Waals surface area contributed by atoms with Crippen molar-refractivity contribution in [2.24, 2.45) is 16.8 Å². The summed E-state index contributed by atoms with van der Waals surface area (Å²) >= 11 is 0. The molecule has 0 heterocycles. The Labute approximate surface area is 147 Å². The summed E-state index contributed by atoms with van der Waals surface area (Å²) in [4.78, 5) is 30.3. The monoisotopic (exact) mass is 335 g/mol. The van der Waals surface area contributed by atoms with Crippen LogP contribution in [0.2, 0.25) is 0 Å². The average Bonchev–Trinajstić information content (AvgIpc) is 2.86. The van der Waals surface area contributed by atoms with Gasteiger partial charge in [0.25, 0.3) is 0 Å². The fourth-order valence-corrected chi connectivity index (χ4v) is 3.11. The second-order valence-corrected chi connectivity index (χ2v) is 6.61. The summed E-state index contributed by atoms with van der Waals surface area (Å²) in [5.41, 5.74) is 2.35. The number of aliphatic imine (C=N–C) groups is 1. The lowest BCUT2D eigenvalue weighted by Crippen LogP contribution is -2.26. The van der Waals surface area contributed by atoms with Crippen molar-refractivity contribution >= 4 is 23.0 Å². The maximum absolute atomic E-state index is 12.8. The molecule has 1 aliphatic rings. The smallest absolute Gasteiger partial charge is 0.180 e. The SMILES string of the molecule is COc1ccc(N=C(CC(C)C)C2C(=O)c3ccccc3C2=O)cc1.